The molecule has 5 heteroatoms. The Kier molecular flexibility index (Phi) is 5.06. The first-order valence-electron chi connectivity index (χ1n) is 9.28. The van der Waals surface area contributed by atoms with Gasteiger partial charge in [-0.3, -0.25) is 4.79 Å². The molecule has 28 heavy (non-hydrogen) atoms. The predicted octanol–water partition coefficient (Wildman–Crippen LogP) is 4.81. The summed E-state index contributed by atoms with van der Waals surface area (Å²) in [7, 11) is 0. The lowest BCUT2D eigenvalue weighted by Crippen LogP contribution is -2.20. The molecule has 5 nitrogen and oxygen atoms in total. The van der Waals surface area contributed by atoms with Gasteiger partial charge >= 0.3 is 0 Å². The molecule has 1 amide bonds. The van der Waals surface area contributed by atoms with Crippen LogP contribution in [0.1, 0.15) is 12.5 Å². The topological polar surface area (TPSA) is 67.0 Å². The summed E-state index contributed by atoms with van der Waals surface area (Å²) in [5.41, 5.74) is 4.68. The highest BCUT2D eigenvalue weighted by atomic mass is 16.5. The number of benzene rings is 3. The van der Waals surface area contributed by atoms with Gasteiger partial charge in [-0.2, -0.15) is 0 Å². The van der Waals surface area contributed by atoms with Crippen LogP contribution in [0, 0.1) is 0 Å². The monoisotopic (exact) mass is 371 g/mol. The predicted molar refractivity (Wildman–Crippen MR) is 111 cm³/mol. The van der Waals surface area contributed by atoms with Crippen molar-refractivity contribution >= 4 is 22.6 Å². The van der Waals surface area contributed by atoms with Crippen molar-refractivity contribution in [2.24, 2.45) is 0 Å². The number of imidazole rings is 1. The summed E-state index contributed by atoms with van der Waals surface area (Å²) in [6.07, 6.45) is 0.929. The highest BCUT2D eigenvalue weighted by Gasteiger charge is 2.08. The summed E-state index contributed by atoms with van der Waals surface area (Å²) in [4.78, 5) is 20.2. The number of carbonyl (C=O) groups excluding carboxylic acids is 1. The molecule has 0 spiro atoms. The van der Waals surface area contributed by atoms with Gasteiger partial charge in [-0.1, -0.05) is 43.3 Å². The molecule has 140 valence electrons. The van der Waals surface area contributed by atoms with E-state index in [9.17, 15) is 4.79 Å². The first-order chi connectivity index (χ1) is 13.7. The molecule has 0 aliphatic rings. The molecule has 3 aromatic carbocycles. The Labute approximate surface area is 163 Å². The van der Waals surface area contributed by atoms with Crippen molar-refractivity contribution in [1.29, 1.82) is 0 Å². The molecule has 0 unspecified atom stereocenters. The molecule has 0 aliphatic heterocycles. The number of carbonyl (C=O) groups is 1. The zero-order valence-electron chi connectivity index (χ0n) is 15.6. The van der Waals surface area contributed by atoms with Crippen LogP contribution in [0.15, 0.2) is 72.8 Å². The number of aromatic nitrogens is 2. The van der Waals surface area contributed by atoms with Gasteiger partial charge in [0.15, 0.2) is 6.61 Å². The van der Waals surface area contributed by atoms with Crippen LogP contribution < -0.4 is 10.1 Å². The van der Waals surface area contributed by atoms with Gasteiger partial charge in [0.2, 0.25) is 0 Å². The van der Waals surface area contributed by atoms with Crippen LogP contribution in [0.3, 0.4) is 0 Å². The second-order valence-corrected chi connectivity index (χ2v) is 6.52. The minimum atomic E-state index is -0.205. The highest BCUT2D eigenvalue weighted by molar-refractivity contribution is 5.92. The minimum Gasteiger partial charge on any atom is -0.484 e. The van der Waals surface area contributed by atoms with Crippen LogP contribution >= 0.6 is 0 Å². The van der Waals surface area contributed by atoms with Gasteiger partial charge < -0.3 is 15.0 Å². The number of nitrogens with zero attached hydrogens (tertiary/aromatic N) is 1. The van der Waals surface area contributed by atoms with Gasteiger partial charge in [0.1, 0.15) is 11.6 Å². The zero-order chi connectivity index (χ0) is 19.3. The highest BCUT2D eigenvalue weighted by Crippen LogP contribution is 2.23. The number of para-hydroxylation sites is 2. The number of hydrogen-bond donors (Lipinski definition) is 2. The number of anilines is 1. The smallest absolute Gasteiger partial charge is 0.262 e. The van der Waals surface area contributed by atoms with Crippen molar-refractivity contribution in [1.82, 2.24) is 9.97 Å². The standard InChI is InChI=1S/C23H21N3O2/c1-2-16-7-5-10-19(13-16)28-15-22(27)24-18-9-6-8-17(14-18)23-25-20-11-3-4-12-21(20)26-23/h3-14H,2,15H2,1H3,(H,24,27)(H,25,26). The molecule has 0 fully saturated rings. The maximum atomic E-state index is 12.3. The summed E-state index contributed by atoms with van der Waals surface area (Å²) >= 11 is 0. The number of hydrogen-bond acceptors (Lipinski definition) is 3. The Morgan fingerprint density at radius 1 is 1.04 bits per heavy atom. The molecular formula is C23H21N3O2. The van der Waals surface area contributed by atoms with Gasteiger partial charge in [-0.05, 0) is 48.4 Å². The molecular weight excluding hydrogens is 350 g/mol. The molecule has 0 aliphatic carbocycles. The van der Waals surface area contributed by atoms with Crippen LogP contribution in [0.5, 0.6) is 5.75 Å². The molecule has 0 atom stereocenters. The van der Waals surface area contributed by atoms with Gasteiger partial charge in [0, 0.05) is 11.3 Å². The number of aryl methyl sites for hydroxylation is 1. The lowest BCUT2D eigenvalue weighted by molar-refractivity contribution is -0.118. The minimum absolute atomic E-state index is 0.0396. The van der Waals surface area contributed by atoms with E-state index in [1.54, 1.807) is 0 Å². The molecule has 0 bridgehead atoms. The summed E-state index contributed by atoms with van der Waals surface area (Å²) in [6.45, 7) is 2.04. The number of H-pyrrole nitrogens is 1. The quantitative estimate of drug-likeness (QED) is 0.511. The SMILES string of the molecule is CCc1cccc(OCC(=O)Nc2cccc(-c3nc4ccccc4[nH]3)c2)c1. The number of ether oxygens (including phenoxy) is 1. The molecule has 0 saturated heterocycles. The zero-order valence-corrected chi connectivity index (χ0v) is 15.6. The van der Waals surface area contributed by atoms with E-state index in [-0.39, 0.29) is 12.5 Å². The van der Waals surface area contributed by atoms with Crippen molar-refractivity contribution in [3.8, 4) is 17.1 Å². The van der Waals surface area contributed by atoms with Crippen LogP contribution in [0.2, 0.25) is 0 Å². The van der Waals surface area contributed by atoms with Crippen molar-refractivity contribution in [3.05, 3.63) is 78.4 Å². The van der Waals surface area contributed by atoms with E-state index >= 15 is 0 Å². The fraction of sp³-hybridized carbons (Fsp3) is 0.130. The first kappa shape index (κ1) is 17.8. The van der Waals surface area contributed by atoms with Crippen molar-refractivity contribution in [2.45, 2.75) is 13.3 Å². The number of nitrogens with one attached hydrogen (secondary N) is 2. The van der Waals surface area contributed by atoms with Crippen molar-refractivity contribution in [3.63, 3.8) is 0 Å². The van der Waals surface area contributed by atoms with E-state index < -0.39 is 0 Å². The van der Waals surface area contributed by atoms with Crippen LogP contribution in [-0.2, 0) is 11.2 Å². The molecule has 4 aromatic rings. The fourth-order valence-corrected chi connectivity index (χ4v) is 3.03. The van der Waals surface area contributed by atoms with Gasteiger partial charge in [-0.15, -0.1) is 0 Å². The molecule has 0 saturated carbocycles. The summed E-state index contributed by atoms with van der Waals surface area (Å²) < 4.78 is 5.61. The summed E-state index contributed by atoms with van der Waals surface area (Å²) in [5.74, 6) is 1.26. The maximum absolute atomic E-state index is 12.3. The molecule has 1 aromatic heterocycles. The van der Waals surface area contributed by atoms with E-state index in [1.165, 1.54) is 5.56 Å². The number of rotatable bonds is 6. The third-order valence-corrected chi connectivity index (χ3v) is 4.49. The van der Waals surface area contributed by atoms with E-state index in [0.29, 0.717) is 11.4 Å². The lowest BCUT2D eigenvalue weighted by Gasteiger charge is -2.09. The Balaban J connectivity index is 1.43. The van der Waals surface area contributed by atoms with E-state index in [1.807, 2.05) is 72.8 Å². The average Bonchev–Trinajstić information content (AvgIpc) is 3.17. The molecule has 0 radical (unpaired) electrons. The fourth-order valence-electron chi connectivity index (χ4n) is 3.03. The molecule has 2 N–H and O–H groups in total. The number of aromatic amines is 1. The third-order valence-electron chi connectivity index (χ3n) is 4.49. The van der Waals surface area contributed by atoms with Crippen LogP contribution in [0.4, 0.5) is 5.69 Å². The van der Waals surface area contributed by atoms with Gasteiger partial charge in [0.05, 0.1) is 11.0 Å². The maximum Gasteiger partial charge on any atom is 0.262 e. The Morgan fingerprint density at radius 3 is 2.75 bits per heavy atom. The second kappa shape index (κ2) is 7.96. The normalized spacial score (nSPS) is 10.8. The molecule has 4 rings (SSSR count). The largest absolute Gasteiger partial charge is 0.484 e. The lowest BCUT2D eigenvalue weighted by atomic mass is 10.2. The first-order valence-corrected chi connectivity index (χ1v) is 9.28. The Morgan fingerprint density at radius 2 is 1.89 bits per heavy atom. The second-order valence-electron chi connectivity index (χ2n) is 6.52. The Hall–Kier alpha value is -3.60. The van der Waals surface area contributed by atoms with E-state index in [0.717, 1.165) is 28.8 Å². The molecule has 1 heterocycles. The summed E-state index contributed by atoms with van der Waals surface area (Å²) in [6, 6.07) is 23.3. The van der Waals surface area contributed by atoms with Crippen molar-refractivity contribution in [2.75, 3.05) is 11.9 Å². The number of amides is 1. The van der Waals surface area contributed by atoms with Crippen molar-refractivity contribution < 1.29 is 9.53 Å². The number of fused-ring (bicyclic) bond motifs is 1. The van der Waals surface area contributed by atoms with Gasteiger partial charge in [-0.25, -0.2) is 4.98 Å². The van der Waals surface area contributed by atoms with Gasteiger partial charge in [0.25, 0.3) is 5.91 Å². The van der Waals surface area contributed by atoms with E-state index in [2.05, 4.69) is 22.2 Å². The average molecular weight is 371 g/mol. The third kappa shape index (κ3) is 4.04. The van der Waals surface area contributed by atoms with Crippen LogP contribution in [0.25, 0.3) is 22.4 Å². The summed E-state index contributed by atoms with van der Waals surface area (Å²) in [5, 5.41) is 2.88. The van der Waals surface area contributed by atoms with E-state index in [4.69, 9.17) is 4.74 Å². The Bertz CT molecular complexity index is 1080. The van der Waals surface area contributed by atoms with Crippen LogP contribution in [-0.4, -0.2) is 22.5 Å².